The Hall–Kier alpha value is -2.25. The van der Waals surface area contributed by atoms with Gasteiger partial charge in [-0.3, -0.25) is 10.2 Å². The van der Waals surface area contributed by atoms with Crippen molar-refractivity contribution < 1.29 is 14.3 Å². The molecule has 4 rings (SSSR count). The molecule has 0 radical (unpaired) electrons. The molecule has 27 heavy (non-hydrogen) atoms. The Kier molecular flexibility index (Phi) is 4.31. The molecule has 2 saturated heterocycles. The first-order valence-electron chi connectivity index (χ1n) is 9.35. The van der Waals surface area contributed by atoms with Gasteiger partial charge in [-0.1, -0.05) is 18.2 Å². The number of ether oxygens (including phenoxy) is 2. The zero-order chi connectivity index (χ0) is 19.2. The summed E-state index contributed by atoms with van der Waals surface area (Å²) in [6.07, 6.45) is 2.49. The highest BCUT2D eigenvalue weighted by Gasteiger charge is 2.60. The van der Waals surface area contributed by atoms with Gasteiger partial charge in [-0.05, 0) is 39.7 Å². The Labute approximate surface area is 159 Å². The number of piperazine rings is 1. The van der Waals surface area contributed by atoms with Gasteiger partial charge < -0.3 is 9.47 Å². The van der Waals surface area contributed by atoms with Crippen molar-refractivity contribution in [3.63, 3.8) is 0 Å². The fraction of sp³-hybridized carbons (Fsp3) is 0.550. The number of hydrogen-bond donors (Lipinski definition) is 1. The molecular weight excluding hydrogens is 344 g/mol. The van der Waals surface area contributed by atoms with Crippen LogP contribution >= 0.6 is 0 Å². The summed E-state index contributed by atoms with van der Waals surface area (Å²) in [7, 11) is 1.66. The third kappa shape index (κ3) is 2.85. The number of benzene rings is 1. The van der Waals surface area contributed by atoms with Gasteiger partial charge >= 0.3 is 6.09 Å². The Balaban J connectivity index is 1.90. The van der Waals surface area contributed by atoms with E-state index in [0.717, 1.165) is 29.4 Å². The van der Waals surface area contributed by atoms with Crippen LogP contribution in [0.4, 0.5) is 4.79 Å². The van der Waals surface area contributed by atoms with Crippen molar-refractivity contribution in [3.8, 4) is 0 Å². The molecule has 144 valence electrons. The number of nitrogens with zero attached hydrogens (tertiary/aromatic N) is 3. The van der Waals surface area contributed by atoms with Crippen LogP contribution in [0.2, 0.25) is 0 Å². The molecular formula is C20H26N4O3. The van der Waals surface area contributed by atoms with Crippen molar-refractivity contribution in [2.24, 2.45) is 0 Å². The Morgan fingerprint density at radius 1 is 1.30 bits per heavy atom. The lowest BCUT2D eigenvalue weighted by Gasteiger charge is -2.49. The summed E-state index contributed by atoms with van der Waals surface area (Å²) < 4.78 is 11.6. The highest BCUT2D eigenvalue weighted by molar-refractivity contribution is 5.83. The van der Waals surface area contributed by atoms with Crippen molar-refractivity contribution in [2.45, 2.75) is 57.0 Å². The van der Waals surface area contributed by atoms with Gasteiger partial charge in [-0.2, -0.15) is 0 Å². The minimum absolute atomic E-state index is 0.0416. The van der Waals surface area contributed by atoms with Gasteiger partial charge in [-0.25, -0.2) is 14.8 Å². The number of aromatic nitrogens is 2. The maximum absolute atomic E-state index is 13.2. The van der Waals surface area contributed by atoms with Gasteiger partial charge in [0.15, 0.2) is 0 Å². The Morgan fingerprint density at radius 2 is 2.07 bits per heavy atom. The monoisotopic (exact) mass is 370 g/mol. The lowest BCUT2D eigenvalue weighted by molar-refractivity contribution is -0.0959. The van der Waals surface area contributed by atoms with E-state index in [1.165, 1.54) is 0 Å². The summed E-state index contributed by atoms with van der Waals surface area (Å²) in [5.74, 6) is 0. The number of hydrogen-bond acceptors (Lipinski definition) is 6. The minimum atomic E-state index is -0.734. The number of rotatable bonds is 2. The van der Waals surface area contributed by atoms with Crippen LogP contribution in [0, 0.1) is 0 Å². The largest absolute Gasteiger partial charge is 0.444 e. The SMILES string of the molecule is COC1NCC2CCC1(c1ncnc3ccccc13)N2C(=O)OC(C)(C)C. The second-order valence-electron chi connectivity index (χ2n) is 8.23. The van der Waals surface area contributed by atoms with Gasteiger partial charge in [0.25, 0.3) is 0 Å². The molecule has 3 atom stereocenters. The van der Waals surface area contributed by atoms with Crippen molar-refractivity contribution in [1.29, 1.82) is 0 Å². The summed E-state index contributed by atoms with van der Waals surface area (Å²) in [6.45, 7) is 6.32. The maximum Gasteiger partial charge on any atom is 0.411 e. The van der Waals surface area contributed by atoms with Gasteiger partial charge in [0.1, 0.15) is 23.7 Å². The number of carbonyl (C=O) groups is 1. The van der Waals surface area contributed by atoms with Crippen LogP contribution in [-0.4, -0.2) is 52.5 Å². The van der Waals surface area contributed by atoms with Crippen LogP contribution < -0.4 is 5.32 Å². The molecule has 0 aliphatic carbocycles. The molecule has 2 aromatic rings. The first-order valence-corrected chi connectivity index (χ1v) is 9.35. The molecule has 1 N–H and O–H groups in total. The number of fused-ring (bicyclic) bond motifs is 3. The van der Waals surface area contributed by atoms with Crippen molar-refractivity contribution in [2.75, 3.05) is 13.7 Å². The van der Waals surface area contributed by atoms with Gasteiger partial charge in [0, 0.05) is 25.1 Å². The zero-order valence-corrected chi connectivity index (χ0v) is 16.2. The molecule has 2 aliphatic rings. The Bertz CT molecular complexity index is 860. The lowest BCUT2D eigenvalue weighted by Crippen LogP contribution is -2.67. The third-order valence-electron chi connectivity index (χ3n) is 5.41. The molecule has 3 heterocycles. The smallest absolute Gasteiger partial charge is 0.411 e. The van der Waals surface area contributed by atoms with E-state index >= 15 is 0 Å². The summed E-state index contributed by atoms with van der Waals surface area (Å²) in [6, 6.07) is 7.92. The quantitative estimate of drug-likeness (QED) is 0.876. The minimum Gasteiger partial charge on any atom is -0.444 e. The number of para-hydroxylation sites is 1. The van der Waals surface area contributed by atoms with E-state index in [0.29, 0.717) is 6.54 Å². The fourth-order valence-corrected chi connectivity index (χ4v) is 4.43. The standard InChI is InChI=1S/C20H26N4O3/c1-19(2,3)27-18(25)24-13-9-10-20(24,17(26-4)21-11-13)16-14-7-5-6-8-15(14)22-12-23-16/h5-8,12-13,17,21H,9-11H2,1-4H3. The van der Waals surface area contributed by atoms with Crippen LogP contribution in [0.25, 0.3) is 10.9 Å². The molecule has 2 aliphatic heterocycles. The molecule has 0 spiro atoms. The molecule has 7 heteroatoms. The fourth-order valence-electron chi connectivity index (χ4n) is 4.43. The van der Waals surface area contributed by atoms with Crippen molar-refractivity contribution in [3.05, 3.63) is 36.3 Å². The predicted octanol–water partition coefficient (Wildman–Crippen LogP) is 2.80. The lowest BCUT2D eigenvalue weighted by atomic mass is 9.86. The summed E-state index contributed by atoms with van der Waals surface area (Å²) in [4.78, 5) is 24.1. The molecule has 1 aromatic carbocycles. The second-order valence-corrected chi connectivity index (χ2v) is 8.23. The molecule has 1 amide bonds. The predicted molar refractivity (Wildman–Crippen MR) is 101 cm³/mol. The highest BCUT2D eigenvalue weighted by Crippen LogP contribution is 2.48. The van der Waals surface area contributed by atoms with Crippen LogP contribution in [0.5, 0.6) is 0 Å². The van der Waals surface area contributed by atoms with Gasteiger partial charge in [-0.15, -0.1) is 0 Å². The van der Waals surface area contributed by atoms with Gasteiger partial charge in [0.05, 0.1) is 11.2 Å². The van der Waals surface area contributed by atoms with Crippen LogP contribution in [0.3, 0.4) is 0 Å². The summed E-state index contributed by atoms with van der Waals surface area (Å²) in [5, 5.41) is 4.38. The summed E-state index contributed by atoms with van der Waals surface area (Å²) >= 11 is 0. The molecule has 2 fully saturated rings. The molecule has 0 saturated carbocycles. The highest BCUT2D eigenvalue weighted by atomic mass is 16.6. The van der Waals surface area contributed by atoms with E-state index in [9.17, 15) is 4.79 Å². The number of nitrogens with one attached hydrogen (secondary N) is 1. The number of methoxy groups -OCH3 is 1. The second kappa shape index (κ2) is 6.42. The van der Waals surface area contributed by atoms with Crippen LogP contribution in [0.1, 0.15) is 39.3 Å². The topological polar surface area (TPSA) is 76.6 Å². The third-order valence-corrected chi connectivity index (χ3v) is 5.41. The molecule has 3 unspecified atom stereocenters. The van der Waals surface area contributed by atoms with E-state index in [4.69, 9.17) is 9.47 Å². The number of amides is 1. The normalized spacial score (nSPS) is 27.8. The van der Waals surface area contributed by atoms with Crippen LogP contribution in [0.15, 0.2) is 30.6 Å². The van der Waals surface area contributed by atoms with E-state index < -0.39 is 11.1 Å². The van der Waals surface area contributed by atoms with Crippen molar-refractivity contribution in [1.82, 2.24) is 20.2 Å². The van der Waals surface area contributed by atoms with E-state index in [2.05, 4.69) is 15.3 Å². The van der Waals surface area contributed by atoms with E-state index in [-0.39, 0.29) is 18.4 Å². The van der Waals surface area contributed by atoms with E-state index in [1.807, 2.05) is 49.9 Å². The molecule has 7 nitrogen and oxygen atoms in total. The maximum atomic E-state index is 13.2. The first kappa shape index (κ1) is 18.1. The number of carbonyl (C=O) groups excluding carboxylic acids is 1. The average molecular weight is 370 g/mol. The molecule has 1 aromatic heterocycles. The average Bonchev–Trinajstić information content (AvgIpc) is 2.91. The first-order chi connectivity index (χ1) is 12.9. The summed E-state index contributed by atoms with van der Waals surface area (Å²) in [5.41, 5.74) is 0.354. The molecule has 2 bridgehead atoms. The Morgan fingerprint density at radius 3 is 2.81 bits per heavy atom. The van der Waals surface area contributed by atoms with Gasteiger partial charge in [0.2, 0.25) is 0 Å². The van der Waals surface area contributed by atoms with Crippen LogP contribution in [-0.2, 0) is 15.0 Å². The zero-order valence-electron chi connectivity index (χ0n) is 16.2. The van der Waals surface area contributed by atoms with Crippen molar-refractivity contribution >= 4 is 17.0 Å². The van der Waals surface area contributed by atoms with E-state index in [1.54, 1.807) is 13.4 Å².